The summed E-state index contributed by atoms with van der Waals surface area (Å²) in [6.45, 7) is 2.73. The third-order valence-corrected chi connectivity index (χ3v) is 3.19. The molecule has 21 heavy (non-hydrogen) atoms. The highest BCUT2D eigenvalue weighted by Crippen LogP contribution is 2.15. The van der Waals surface area contributed by atoms with Crippen LogP contribution in [0.15, 0.2) is 24.3 Å². The molecule has 0 aliphatic rings. The highest BCUT2D eigenvalue weighted by molar-refractivity contribution is 5.96. The molecule has 0 spiro atoms. The van der Waals surface area contributed by atoms with Crippen LogP contribution in [0.3, 0.4) is 0 Å². The van der Waals surface area contributed by atoms with Crippen molar-refractivity contribution in [3.05, 3.63) is 29.8 Å². The number of hydrogen-bond donors (Lipinski definition) is 1. The fourth-order valence-corrected chi connectivity index (χ4v) is 2.02. The van der Waals surface area contributed by atoms with Gasteiger partial charge in [-0.05, 0) is 43.5 Å². The molecule has 1 N–H and O–H groups in total. The molecule has 0 unspecified atom stereocenters. The van der Waals surface area contributed by atoms with Gasteiger partial charge in [0.15, 0.2) is 5.78 Å². The maximum absolute atomic E-state index is 12.0. The minimum absolute atomic E-state index is 0.135. The molecule has 0 aliphatic carbocycles. The average molecular weight is 292 g/mol. The first-order valence-corrected chi connectivity index (χ1v) is 7.61. The summed E-state index contributed by atoms with van der Waals surface area (Å²) < 4.78 is 5.48. The van der Waals surface area contributed by atoms with E-state index in [4.69, 9.17) is 9.84 Å². The molecule has 1 rings (SSSR count). The first-order valence-electron chi connectivity index (χ1n) is 7.61. The molecule has 0 amide bonds. The number of aliphatic carboxylic acids is 1. The molecule has 1 aromatic carbocycles. The summed E-state index contributed by atoms with van der Waals surface area (Å²) in [5, 5.41) is 8.52. The Bertz CT molecular complexity index is 437. The second-order valence-corrected chi connectivity index (χ2v) is 5.10. The van der Waals surface area contributed by atoms with Crippen LogP contribution in [-0.4, -0.2) is 23.5 Å². The molecule has 4 heteroatoms. The molecule has 116 valence electrons. The summed E-state index contributed by atoms with van der Waals surface area (Å²) in [7, 11) is 0. The molecule has 0 saturated heterocycles. The Kier molecular flexibility index (Phi) is 8.17. The number of carbonyl (C=O) groups is 2. The molecule has 0 saturated carbocycles. The zero-order chi connectivity index (χ0) is 15.5. The van der Waals surface area contributed by atoms with Gasteiger partial charge in [0, 0.05) is 18.4 Å². The second-order valence-electron chi connectivity index (χ2n) is 5.10. The molecule has 0 aromatic heterocycles. The quantitative estimate of drug-likeness (QED) is 0.493. The minimum Gasteiger partial charge on any atom is -0.494 e. The van der Waals surface area contributed by atoms with E-state index in [2.05, 4.69) is 0 Å². The lowest BCUT2D eigenvalue weighted by molar-refractivity contribution is -0.137. The van der Waals surface area contributed by atoms with Crippen molar-refractivity contribution < 1.29 is 19.4 Å². The van der Waals surface area contributed by atoms with Crippen molar-refractivity contribution in [2.75, 3.05) is 6.61 Å². The number of carboxylic acid groups (broad SMARTS) is 1. The van der Waals surface area contributed by atoms with Crippen LogP contribution in [0.2, 0.25) is 0 Å². The predicted molar refractivity (Wildman–Crippen MR) is 81.9 cm³/mol. The SMILES string of the molecule is CCCOc1ccc(C(=O)CCCCCCC(=O)O)cc1. The number of Topliss-reactive ketones (excluding diaryl/α,β-unsaturated/α-hetero) is 1. The van der Waals surface area contributed by atoms with E-state index in [0.29, 0.717) is 25.0 Å². The van der Waals surface area contributed by atoms with Crippen molar-refractivity contribution in [3.63, 3.8) is 0 Å². The van der Waals surface area contributed by atoms with E-state index in [1.54, 1.807) is 12.1 Å². The highest BCUT2D eigenvalue weighted by atomic mass is 16.5. The Hall–Kier alpha value is -1.84. The van der Waals surface area contributed by atoms with Gasteiger partial charge in [0.1, 0.15) is 5.75 Å². The first-order chi connectivity index (χ1) is 10.1. The van der Waals surface area contributed by atoms with Crippen molar-refractivity contribution >= 4 is 11.8 Å². The minimum atomic E-state index is -0.753. The average Bonchev–Trinajstić information content (AvgIpc) is 2.48. The van der Waals surface area contributed by atoms with Crippen molar-refractivity contribution in [1.82, 2.24) is 0 Å². The van der Waals surface area contributed by atoms with Crippen molar-refractivity contribution in [1.29, 1.82) is 0 Å². The van der Waals surface area contributed by atoms with Gasteiger partial charge in [-0.15, -0.1) is 0 Å². The number of carboxylic acids is 1. The zero-order valence-electron chi connectivity index (χ0n) is 12.6. The lowest BCUT2D eigenvalue weighted by Gasteiger charge is -2.05. The molecular weight excluding hydrogens is 268 g/mol. The monoisotopic (exact) mass is 292 g/mol. The van der Waals surface area contributed by atoms with Gasteiger partial charge < -0.3 is 9.84 Å². The maximum atomic E-state index is 12.0. The molecule has 0 atom stereocenters. The van der Waals surface area contributed by atoms with Crippen LogP contribution in [0, 0.1) is 0 Å². The maximum Gasteiger partial charge on any atom is 0.303 e. The lowest BCUT2D eigenvalue weighted by atomic mass is 10.0. The van der Waals surface area contributed by atoms with Crippen molar-refractivity contribution in [3.8, 4) is 5.75 Å². The van der Waals surface area contributed by atoms with Gasteiger partial charge in [-0.3, -0.25) is 9.59 Å². The largest absolute Gasteiger partial charge is 0.494 e. The summed E-state index contributed by atoms with van der Waals surface area (Å²) in [4.78, 5) is 22.3. The lowest BCUT2D eigenvalue weighted by Crippen LogP contribution is -2.00. The molecular formula is C17H24O4. The number of rotatable bonds is 11. The third-order valence-electron chi connectivity index (χ3n) is 3.19. The van der Waals surface area contributed by atoms with Gasteiger partial charge in [0.2, 0.25) is 0 Å². The van der Waals surface area contributed by atoms with Gasteiger partial charge in [0.05, 0.1) is 6.61 Å². The number of ether oxygens (including phenoxy) is 1. The van der Waals surface area contributed by atoms with Crippen LogP contribution in [0.1, 0.15) is 62.2 Å². The third kappa shape index (κ3) is 7.49. The fourth-order valence-electron chi connectivity index (χ4n) is 2.02. The van der Waals surface area contributed by atoms with Gasteiger partial charge >= 0.3 is 5.97 Å². The predicted octanol–water partition coefficient (Wildman–Crippen LogP) is 4.08. The Morgan fingerprint density at radius 3 is 2.19 bits per heavy atom. The molecule has 4 nitrogen and oxygen atoms in total. The van der Waals surface area contributed by atoms with E-state index in [0.717, 1.165) is 31.4 Å². The van der Waals surface area contributed by atoms with E-state index < -0.39 is 5.97 Å². The van der Waals surface area contributed by atoms with Crippen LogP contribution < -0.4 is 4.74 Å². The summed E-state index contributed by atoms with van der Waals surface area (Å²) in [6, 6.07) is 7.26. The topological polar surface area (TPSA) is 63.6 Å². The van der Waals surface area contributed by atoms with Crippen LogP contribution >= 0.6 is 0 Å². The Labute approximate surface area is 126 Å². The normalized spacial score (nSPS) is 10.3. The van der Waals surface area contributed by atoms with Crippen LogP contribution in [0.5, 0.6) is 5.75 Å². The summed E-state index contributed by atoms with van der Waals surface area (Å²) >= 11 is 0. The first kappa shape index (κ1) is 17.2. The highest BCUT2D eigenvalue weighted by Gasteiger charge is 2.06. The second kappa shape index (κ2) is 9.97. The van der Waals surface area contributed by atoms with Crippen LogP contribution in [0.25, 0.3) is 0 Å². The summed E-state index contributed by atoms with van der Waals surface area (Å²) in [5.41, 5.74) is 0.712. The standard InChI is InChI=1S/C17H24O4/c1-2-13-21-15-11-9-14(10-12-15)16(18)7-5-3-4-6-8-17(19)20/h9-12H,2-8,13H2,1H3,(H,19,20). The molecule has 0 bridgehead atoms. The number of ketones is 1. The number of benzene rings is 1. The number of carbonyl (C=O) groups excluding carboxylic acids is 1. The van der Waals surface area contributed by atoms with Crippen molar-refractivity contribution in [2.24, 2.45) is 0 Å². The van der Waals surface area contributed by atoms with E-state index in [1.165, 1.54) is 0 Å². The van der Waals surface area contributed by atoms with Crippen LogP contribution in [-0.2, 0) is 4.79 Å². The molecule has 1 aromatic rings. The summed E-state index contributed by atoms with van der Waals surface area (Å²) in [6.07, 6.45) is 4.96. The Balaban J connectivity index is 2.24. The van der Waals surface area contributed by atoms with Gasteiger partial charge in [0.25, 0.3) is 0 Å². The number of hydrogen-bond acceptors (Lipinski definition) is 3. The van der Waals surface area contributed by atoms with E-state index in [1.807, 2.05) is 19.1 Å². The molecule has 0 aliphatic heterocycles. The Morgan fingerprint density at radius 1 is 1.00 bits per heavy atom. The van der Waals surface area contributed by atoms with Crippen LogP contribution in [0.4, 0.5) is 0 Å². The zero-order valence-corrected chi connectivity index (χ0v) is 12.6. The van der Waals surface area contributed by atoms with Crippen molar-refractivity contribution in [2.45, 2.75) is 51.9 Å². The van der Waals surface area contributed by atoms with Gasteiger partial charge in [-0.2, -0.15) is 0 Å². The number of unbranched alkanes of at least 4 members (excludes halogenated alkanes) is 3. The molecule has 0 heterocycles. The van der Waals surface area contributed by atoms with E-state index >= 15 is 0 Å². The Morgan fingerprint density at radius 2 is 1.62 bits per heavy atom. The molecule has 0 fully saturated rings. The summed E-state index contributed by atoms with van der Waals surface area (Å²) in [5.74, 6) is 0.175. The smallest absolute Gasteiger partial charge is 0.303 e. The van der Waals surface area contributed by atoms with Gasteiger partial charge in [-0.25, -0.2) is 0 Å². The fraction of sp³-hybridized carbons (Fsp3) is 0.529. The molecule has 0 radical (unpaired) electrons. The van der Waals surface area contributed by atoms with E-state index in [9.17, 15) is 9.59 Å². The van der Waals surface area contributed by atoms with Gasteiger partial charge in [-0.1, -0.05) is 19.8 Å². The van der Waals surface area contributed by atoms with E-state index in [-0.39, 0.29) is 12.2 Å².